The number of hydrogen-bond donors (Lipinski definition) is 0. The van der Waals surface area contributed by atoms with Crippen LogP contribution in [0.5, 0.6) is 0 Å². The van der Waals surface area contributed by atoms with Crippen LogP contribution in [-0.4, -0.2) is 0 Å². The van der Waals surface area contributed by atoms with Crippen molar-refractivity contribution in [3.8, 4) is 89.0 Å². The zero-order valence-corrected chi connectivity index (χ0v) is 78.3. The predicted octanol–water partition coefficient (Wildman–Crippen LogP) is 38.3. The van der Waals surface area contributed by atoms with Crippen LogP contribution in [0.25, 0.3) is 160 Å². The van der Waals surface area contributed by atoms with Crippen LogP contribution in [0.2, 0.25) is 0 Å². The first-order chi connectivity index (χ1) is 66.9. The molecule has 0 bridgehead atoms. The average Bonchev–Trinajstić information content (AvgIpc) is 1.56. The summed E-state index contributed by atoms with van der Waals surface area (Å²) in [7, 11) is 0. The van der Waals surface area contributed by atoms with Crippen molar-refractivity contribution in [3.63, 3.8) is 0 Å². The van der Waals surface area contributed by atoms with Crippen molar-refractivity contribution in [2.45, 2.75) is 38.5 Å². The van der Waals surface area contributed by atoms with Crippen LogP contribution in [0.1, 0.15) is 49.9 Å². The number of hydrogen-bond acceptors (Lipinski definition) is 6. The highest BCUT2D eigenvalue weighted by Crippen LogP contribution is 2.57. The van der Waals surface area contributed by atoms with E-state index in [1.807, 2.05) is 34.0 Å². The van der Waals surface area contributed by atoms with Crippen LogP contribution in [-0.2, 0) is 10.8 Å². The molecule has 646 valence electrons. The Morgan fingerprint density at radius 1 is 0.162 bits per heavy atom. The first-order valence-electron chi connectivity index (χ1n) is 46.8. The lowest BCUT2D eigenvalue weighted by atomic mass is 9.82. The summed E-state index contributed by atoms with van der Waals surface area (Å²) in [4.78, 5) is 7.42. The van der Waals surface area contributed by atoms with E-state index < -0.39 is 0 Å². The number of rotatable bonds is 15. The summed E-state index contributed by atoms with van der Waals surface area (Å²) >= 11 is 5.64. The highest BCUT2D eigenvalue weighted by atomic mass is 32.1. The minimum atomic E-state index is -0.106. The molecule has 0 spiro atoms. The molecule has 0 amide bonds. The predicted molar refractivity (Wildman–Crippen MR) is 587 cm³/mol. The van der Waals surface area contributed by atoms with Crippen molar-refractivity contribution >= 4 is 156 Å². The van der Waals surface area contributed by atoms with E-state index in [2.05, 4.69) is 534 Å². The van der Waals surface area contributed by atoms with Crippen molar-refractivity contribution in [2.75, 3.05) is 14.7 Å². The Kier molecular flexibility index (Phi) is 21.3. The zero-order chi connectivity index (χ0) is 91.0. The Morgan fingerprint density at radius 2 is 0.456 bits per heavy atom. The van der Waals surface area contributed by atoms with Crippen LogP contribution < -0.4 is 14.7 Å². The lowest BCUT2D eigenvalue weighted by Gasteiger charge is -2.30. The first kappa shape index (κ1) is 83.0. The van der Waals surface area contributed by atoms with E-state index in [1.54, 1.807) is 0 Å². The fourth-order valence-corrected chi connectivity index (χ4v) is 24.5. The highest BCUT2D eigenvalue weighted by molar-refractivity contribution is 7.27. The third kappa shape index (κ3) is 15.0. The number of anilines is 9. The quantitative estimate of drug-likeness (QED) is 0.101. The van der Waals surface area contributed by atoms with E-state index in [0.717, 1.165) is 28.4 Å². The minimum absolute atomic E-state index is 0.0664. The smallest absolute Gasteiger partial charge is 0.0646 e. The van der Waals surface area contributed by atoms with E-state index in [9.17, 15) is 0 Å². The van der Waals surface area contributed by atoms with Gasteiger partial charge in [-0.25, -0.2) is 0 Å². The van der Waals surface area contributed by atoms with Gasteiger partial charge in [0, 0.05) is 91.2 Å². The second-order valence-electron chi connectivity index (χ2n) is 36.6. The van der Waals surface area contributed by atoms with Gasteiger partial charge in [-0.15, -0.1) is 34.0 Å². The van der Waals surface area contributed by atoms with Crippen molar-refractivity contribution < 1.29 is 0 Å². The monoisotopic (exact) mass is 1790 g/mol. The molecule has 0 fully saturated rings. The molecule has 3 aromatic heterocycles. The summed E-state index contributed by atoms with van der Waals surface area (Å²) in [5, 5.41) is 10.3. The summed E-state index contributed by atoms with van der Waals surface area (Å²) in [6.45, 7) is 9.44. The van der Waals surface area contributed by atoms with Crippen LogP contribution in [0.4, 0.5) is 51.2 Å². The number of nitrogens with zero attached hydrogens (tertiary/aromatic N) is 3. The van der Waals surface area contributed by atoms with E-state index in [4.69, 9.17) is 0 Å². The van der Waals surface area contributed by atoms with Gasteiger partial charge in [0.15, 0.2) is 0 Å². The summed E-state index contributed by atoms with van der Waals surface area (Å²) in [5.74, 6) is 0. The van der Waals surface area contributed by atoms with Gasteiger partial charge in [0.1, 0.15) is 0 Å². The van der Waals surface area contributed by atoms with E-state index in [0.29, 0.717) is 0 Å². The highest BCUT2D eigenvalue weighted by Gasteiger charge is 2.39. The molecule has 136 heavy (non-hydrogen) atoms. The van der Waals surface area contributed by atoms with Gasteiger partial charge in [-0.05, 0) is 244 Å². The fourth-order valence-electron chi connectivity index (χ4n) is 21.0. The SMILES string of the molecule is CC1(C)c2ccccc2-c2ccc(N(c3ccccc3)c3cc(-c4ccccc4)cc4c3sc3ccccc34)cc21.CC1(C)c2ccccc2-c2ccc(N(c3ccccc3-c3ccccc3)c3cc(-c4ccccc4)cc4c3sc3ccccc34)cc21.c1ccc(-c2ccc(N(c3ccc(-c4ccc5ccccc5c4)cc3)c3cc(-c4ccccc4)cc4c3sc3ccccc34)cc2)cc1. The van der Waals surface area contributed by atoms with Crippen LogP contribution in [0, 0.1) is 0 Å². The number of fused-ring (bicyclic) bond motifs is 16. The molecule has 0 aliphatic heterocycles. The number of para-hydroxylation sites is 2. The van der Waals surface area contributed by atoms with Gasteiger partial charge in [0.2, 0.25) is 0 Å². The molecule has 21 aromatic carbocycles. The lowest BCUT2D eigenvalue weighted by Crippen LogP contribution is -2.17. The molecule has 0 saturated carbocycles. The molecule has 0 unspecified atom stereocenters. The maximum Gasteiger partial charge on any atom is 0.0646 e. The molecular weight excluding hydrogens is 1700 g/mol. The van der Waals surface area contributed by atoms with Crippen molar-refractivity contribution in [3.05, 3.63) is 514 Å². The Labute approximate surface area is 806 Å². The Hall–Kier alpha value is -16.1. The molecule has 2 aliphatic rings. The third-order valence-electron chi connectivity index (χ3n) is 27.8. The maximum absolute atomic E-state index is 2.52. The van der Waals surface area contributed by atoms with Crippen LogP contribution in [0.15, 0.2) is 491 Å². The summed E-state index contributed by atoms with van der Waals surface area (Å²) in [5.41, 5.74) is 35.8. The molecular formula is C130H93N3S3. The van der Waals surface area contributed by atoms with Gasteiger partial charge in [-0.2, -0.15) is 0 Å². The van der Waals surface area contributed by atoms with Crippen molar-refractivity contribution in [1.82, 2.24) is 0 Å². The van der Waals surface area contributed by atoms with Gasteiger partial charge in [0.05, 0.1) is 36.8 Å². The fraction of sp³-hybridized carbons (Fsp3) is 0.0462. The molecule has 24 aromatic rings. The molecule has 0 saturated heterocycles. The van der Waals surface area contributed by atoms with E-state index in [1.165, 1.54) is 205 Å². The molecule has 3 heterocycles. The normalized spacial score (nSPS) is 12.5. The number of thiophene rings is 3. The Morgan fingerprint density at radius 3 is 0.897 bits per heavy atom. The molecule has 0 N–H and O–H groups in total. The van der Waals surface area contributed by atoms with Gasteiger partial charge < -0.3 is 14.7 Å². The molecule has 2 aliphatic carbocycles. The topological polar surface area (TPSA) is 9.72 Å². The summed E-state index contributed by atoms with van der Waals surface area (Å²) in [6.07, 6.45) is 0. The Bertz CT molecular complexity index is 8640. The average molecular weight is 1790 g/mol. The lowest BCUT2D eigenvalue weighted by molar-refractivity contribution is 0.660. The first-order valence-corrected chi connectivity index (χ1v) is 49.3. The molecule has 0 radical (unpaired) electrons. The van der Waals surface area contributed by atoms with E-state index in [-0.39, 0.29) is 10.8 Å². The minimum Gasteiger partial charge on any atom is -0.309 e. The molecule has 6 heteroatoms. The molecule has 26 rings (SSSR count). The summed E-state index contributed by atoms with van der Waals surface area (Å²) < 4.78 is 7.78. The largest absolute Gasteiger partial charge is 0.309 e. The summed E-state index contributed by atoms with van der Waals surface area (Å²) in [6, 6.07) is 179. The van der Waals surface area contributed by atoms with Crippen LogP contribution in [0.3, 0.4) is 0 Å². The second kappa shape index (κ2) is 34.8. The second-order valence-corrected chi connectivity index (χ2v) is 39.7. The van der Waals surface area contributed by atoms with Crippen molar-refractivity contribution in [2.24, 2.45) is 0 Å². The van der Waals surface area contributed by atoms with Gasteiger partial charge >= 0.3 is 0 Å². The van der Waals surface area contributed by atoms with Crippen molar-refractivity contribution in [1.29, 1.82) is 0 Å². The van der Waals surface area contributed by atoms with Gasteiger partial charge in [-0.3, -0.25) is 0 Å². The maximum atomic E-state index is 2.52. The van der Waals surface area contributed by atoms with Gasteiger partial charge in [0.25, 0.3) is 0 Å². The van der Waals surface area contributed by atoms with Crippen LogP contribution >= 0.6 is 34.0 Å². The zero-order valence-electron chi connectivity index (χ0n) is 75.8. The Balaban J connectivity index is 0.000000112. The molecule has 3 nitrogen and oxygen atoms in total. The van der Waals surface area contributed by atoms with Gasteiger partial charge in [-0.1, -0.05) is 392 Å². The van der Waals surface area contributed by atoms with E-state index >= 15 is 0 Å². The molecule has 0 atom stereocenters. The number of benzene rings is 21. The standard InChI is InChI=1S/C46H31NS.C45H33NS.C39H29NS/c1-3-11-32(12-4-1)35-21-25-40(26-22-35)47(41-27-23-36(24-28-41)38-20-19-34-15-7-8-16-37(34)29-38)44-31-39(33-13-5-2-6-14-33)30-43-42-17-9-10-18-45(42)48-46(43)44;1-45(2)39-22-12-9-20-35(39)36-26-25-33(29-40(36)45)46(41-23-13-10-19-34(41)31-17-7-4-8-18-31)42-28-32(30-15-5-3-6-16-30)27-38-37-21-11-14-24-43(37)47-44(38)42;1-39(2)34-19-11-9-17-30(34)31-22-21-29(25-35(31)39)40(28-15-7-4-8-16-28)36-24-27(26-13-5-3-6-14-26)23-33-32-18-10-12-20-37(32)41-38(33)36/h1-31H;3-29H,1-2H3;3-25H,1-2H3. The third-order valence-corrected chi connectivity index (χ3v) is 31.4.